The summed E-state index contributed by atoms with van der Waals surface area (Å²) in [6.07, 6.45) is 0.346. The van der Waals surface area contributed by atoms with Gasteiger partial charge in [-0.3, -0.25) is 14.4 Å². The summed E-state index contributed by atoms with van der Waals surface area (Å²) in [5.74, 6) is -1.33. The number of nitrogens with one attached hydrogen (secondary N) is 2. The van der Waals surface area contributed by atoms with E-state index in [1.165, 1.54) is 19.3 Å². The van der Waals surface area contributed by atoms with Crippen LogP contribution in [-0.4, -0.2) is 30.4 Å². The van der Waals surface area contributed by atoms with Crippen molar-refractivity contribution in [2.24, 2.45) is 0 Å². The van der Waals surface area contributed by atoms with Gasteiger partial charge in [-0.15, -0.1) is 0 Å². The van der Waals surface area contributed by atoms with E-state index in [2.05, 4.69) is 10.6 Å². The summed E-state index contributed by atoms with van der Waals surface area (Å²) in [6.45, 7) is 1.54. The molecular formula is C17H17ClN2O5. The second-order valence-electron chi connectivity index (χ2n) is 5.11. The van der Waals surface area contributed by atoms with E-state index in [0.29, 0.717) is 10.7 Å². The van der Waals surface area contributed by atoms with E-state index in [1.54, 1.807) is 30.3 Å². The second-order valence-corrected chi connectivity index (χ2v) is 5.55. The van der Waals surface area contributed by atoms with Crippen molar-refractivity contribution in [3.05, 3.63) is 53.4 Å². The van der Waals surface area contributed by atoms with Gasteiger partial charge < -0.3 is 19.8 Å². The van der Waals surface area contributed by atoms with Crippen LogP contribution in [0.5, 0.6) is 0 Å². The minimum absolute atomic E-state index is 0.0645. The maximum Gasteiger partial charge on any atom is 0.308 e. The smallest absolute Gasteiger partial charge is 0.308 e. The van der Waals surface area contributed by atoms with E-state index < -0.39 is 23.9 Å². The van der Waals surface area contributed by atoms with Crippen LogP contribution >= 0.6 is 11.6 Å². The molecule has 1 aromatic carbocycles. The Kier molecular flexibility index (Phi) is 6.59. The third kappa shape index (κ3) is 5.96. The summed E-state index contributed by atoms with van der Waals surface area (Å²) >= 11 is 5.77. The van der Waals surface area contributed by atoms with E-state index in [4.69, 9.17) is 20.8 Å². The Morgan fingerprint density at radius 2 is 1.92 bits per heavy atom. The summed E-state index contributed by atoms with van der Waals surface area (Å²) in [5.41, 5.74) is 0.544. The highest BCUT2D eigenvalue weighted by molar-refractivity contribution is 6.30. The Labute approximate surface area is 149 Å². The van der Waals surface area contributed by atoms with Crippen LogP contribution in [0.3, 0.4) is 0 Å². The molecule has 0 spiro atoms. The maximum atomic E-state index is 12.0. The average Bonchev–Trinajstić information content (AvgIpc) is 3.11. The summed E-state index contributed by atoms with van der Waals surface area (Å²) < 4.78 is 9.95. The number of anilines is 1. The van der Waals surface area contributed by atoms with Gasteiger partial charge in [-0.2, -0.15) is 0 Å². The van der Waals surface area contributed by atoms with Gasteiger partial charge in [0.2, 0.25) is 0 Å². The van der Waals surface area contributed by atoms with Crippen molar-refractivity contribution in [3.63, 3.8) is 0 Å². The zero-order chi connectivity index (χ0) is 18.2. The fraction of sp³-hybridized carbons (Fsp3) is 0.235. The number of halogens is 1. The summed E-state index contributed by atoms with van der Waals surface area (Å²) in [5, 5.41) is 5.68. The van der Waals surface area contributed by atoms with Crippen LogP contribution in [0.15, 0.2) is 47.1 Å². The molecule has 0 saturated heterocycles. The number of ether oxygens (including phenoxy) is 1. The highest BCUT2D eigenvalue weighted by Crippen LogP contribution is 2.14. The molecule has 0 aliphatic carbocycles. The van der Waals surface area contributed by atoms with E-state index in [0.717, 1.165) is 0 Å². The molecule has 2 aromatic rings. The number of hydrogen-bond donors (Lipinski definition) is 2. The van der Waals surface area contributed by atoms with Crippen LogP contribution in [0.1, 0.15) is 23.9 Å². The molecule has 2 N–H and O–H groups in total. The van der Waals surface area contributed by atoms with E-state index in [-0.39, 0.29) is 18.7 Å². The molecule has 132 valence electrons. The second kappa shape index (κ2) is 8.89. The normalized spacial score (nSPS) is 11.4. The number of rotatable bonds is 7. The zero-order valence-corrected chi connectivity index (χ0v) is 14.2. The van der Waals surface area contributed by atoms with Gasteiger partial charge in [0.05, 0.1) is 12.7 Å². The Morgan fingerprint density at radius 3 is 2.56 bits per heavy atom. The van der Waals surface area contributed by atoms with Crippen molar-refractivity contribution in [2.45, 2.75) is 19.4 Å². The predicted molar refractivity (Wildman–Crippen MR) is 91.3 cm³/mol. The first-order chi connectivity index (χ1) is 12.0. The Hall–Kier alpha value is -2.80. The SMILES string of the molecule is CC(OC(=O)CCNC(=O)c1ccco1)C(=O)Nc1ccc(Cl)cc1. The molecule has 0 saturated carbocycles. The van der Waals surface area contributed by atoms with Crippen molar-refractivity contribution in [1.82, 2.24) is 5.32 Å². The molecule has 8 heteroatoms. The van der Waals surface area contributed by atoms with Crippen molar-refractivity contribution in [3.8, 4) is 0 Å². The first-order valence-electron chi connectivity index (χ1n) is 7.53. The van der Waals surface area contributed by atoms with Gasteiger partial charge in [0, 0.05) is 17.3 Å². The van der Waals surface area contributed by atoms with Crippen molar-refractivity contribution in [1.29, 1.82) is 0 Å². The highest BCUT2D eigenvalue weighted by atomic mass is 35.5. The quantitative estimate of drug-likeness (QED) is 0.736. The van der Waals surface area contributed by atoms with Gasteiger partial charge in [0.15, 0.2) is 11.9 Å². The van der Waals surface area contributed by atoms with Gasteiger partial charge in [-0.05, 0) is 43.3 Å². The molecule has 0 aliphatic heterocycles. The lowest BCUT2D eigenvalue weighted by molar-refractivity contribution is -0.153. The van der Waals surface area contributed by atoms with E-state index in [1.807, 2.05) is 0 Å². The van der Waals surface area contributed by atoms with Crippen LogP contribution in [0.2, 0.25) is 5.02 Å². The Morgan fingerprint density at radius 1 is 1.20 bits per heavy atom. The first-order valence-corrected chi connectivity index (χ1v) is 7.91. The molecular weight excluding hydrogens is 348 g/mol. The largest absolute Gasteiger partial charge is 0.459 e. The van der Waals surface area contributed by atoms with Gasteiger partial charge in [0.1, 0.15) is 0 Å². The first kappa shape index (κ1) is 18.5. The van der Waals surface area contributed by atoms with Gasteiger partial charge in [0.25, 0.3) is 11.8 Å². The predicted octanol–water partition coefficient (Wildman–Crippen LogP) is 2.62. The highest BCUT2D eigenvalue weighted by Gasteiger charge is 2.18. The lowest BCUT2D eigenvalue weighted by Crippen LogP contribution is -2.32. The topological polar surface area (TPSA) is 97.6 Å². The molecule has 1 aromatic heterocycles. The van der Waals surface area contributed by atoms with Crippen LogP contribution in [0.4, 0.5) is 5.69 Å². The van der Waals surface area contributed by atoms with Crippen molar-refractivity contribution >= 4 is 35.1 Å². The summed E-state index contributed by atoms with van der Waals surface area (Å²) in [4.78, 5) is 35.3. The molecule has 1 atom stereocenters. The monoisotopic (exact) mass is 364 g/mol. The van der Waals surface area contributed by atoms with Gasteiger partial charge >= 0.3 is 5.97 Å². The zero-order valence-electron chi connectivity index (χ0n) is 13.5. The lowest BCUT2D eigenvalue weighted by Gasteiger charge is -2.13. The number of benzene rings is 1. The molecule has 0 bridgehead atoms. The number of amides is 2. The molecule has 0 fully saturated rings. The lowest BCUT2D eigenvalue weighted by atomic mass is 10.3. The van der Waals surface area contributed by atoms with Gasteiger partial charge in [-0.1, -0.05) is 11.6 Å². The van der Waals surface area contributed by atoms with Crippen LogP contribution in [-0.2, 0) is 14.3 Å². The molecule has 2 rings (SSSR count). The summed E-state index contributed by atoms with van der Waals surface area (Å²) in [6, 6.07) is 9.64. The molecule has 25 heavy (non-hydrogen) atoms. The third-order valence-corrected chi connectivity index (χ3v) is 3.40. The average molecular weight is 365 g/mol. The minimum atomic E-state index is -0.969. The van der Waals surface area contributed by atoms with Gasteiger partial charge in [-0.25, -0.2) is 0 Å². The molecule has 1 unspecified atom stereocenters. The Bertz CT molecular complexity index is 728. The van der Waals surface area contributed by atoms with Crippen molar-refractivity contribution < 1.29 is 23.5 Å². The van der Waals surface area contributed by atoms with E-state index in [9.17, 15) is 14.4 Å². The number of carbonyl (C=O) groups excluding carboxylic acids is 3. The number of hydrogen-bond acceptors (Lipinski definition) is 5. The molecule has 0 aliphatic rings. The van der Waals surface area contributed by atoms with Crippen LogP contribution < -0.4 is 10.6 Å². The molecule has 7 nitrogen and oxygen atoms in total. The van der Waals surface area contributed by atoms with Crippen molar-refractivity contribution in [2.75, 3.05) is 11.9 Å². The standard InChI is InChI=1S/C17H17ClN2O5/c1-11(16(22)20-13-6-4-12(18)5-7-13)25-15(21)8-9-19-17(23)14-3-2-10-24-14/h2-7,10-11H,8-9H2,1H3,(H,19,23)(H,20,22). The van der Waals surface area contributed by atoms with Crippen LogP contribution in [0.25, 0.3) is 0 Å². The number of furan rings is 1. The summed E-state index contributed by atoms with van der Waals surface area (Å²) in [7, 11) is 0. The molecule has 0 radical (unpaired) electrons. The number of esters is 1. The number of carbonyl (C=O) groups is 3. The third-order valence-electron chi connectivity index (χ3n) is 3.15. The Balaban J connectivity index is 1.71. The van der Waals surface area contributed by atoms with Crippen LogP contribution in [0, 0.1) is 0 Å². The molecule has 1 heterocycles. The van der Waals surface area contributed by atoms with E-state index >= 15 is 0 Å². The minimum Gasteiger partial charge on any atom is -0.459 e. The molecule has 2 amide bonds. The fourth-order valence-electron chi connectivity index (χ4n) is 1.86. The maximum absolute atomic E-state index is 12.0. The fourth-order valence-corrected chi connectivity index (χ4v) is 1.99.